The van der Waals surface area contributed by atoms with Gasteiger partial charge in [0, 0.05) is 26.7 Å². The number of rotatable bonds is 7. The molecule has 2 aliphatic rings. The summed E-state index contributed by atoms with van der Waals surface area (Å²) in [6, 6.07) is 0. The van der Waals surface area contributed by atoms with Crippen molar-refractivity contribution in [2.24, 2.45) is 5.92 Å². The van der Waals surface area contributed by atoms with E-state index in [4.69, 9.17) is 28.4 Å². The average molecular weight is 430 g/mol. The van der Waals surface area contributed by atoms with Crippen LogP contribution in [-0.4, -0.2) is 66.9 Å². The van der Waals surface area contributed by atoms with Gasteiger partial charge in [0.05, 0.1) is 12.2 Å². The van der Waals surface area contributed by atoms with Gasteiger partial charge in [-0.2, -0.15) is 0 Å². The second kappa shape index (κ2) is 10.5. The van der Waals surface area contributed by atoms with E-state index in [2.05, 4.69) is 0 Å². The fraction of sp³-hybridized carbons (Fsp3) is 0.857. The van der Waals surface area contributed by atoms with Crippen LogP contribution in [0.3, 0.4) is 0 Å². The Bertz CT molecular complexity index is 622. The van der Waals surface area contributed by atoms with E-state index in [9.17, 15) is 14.4 Å². The first-order valence-corrected chi connectivity index (χ1v) is 10.6. The maximum atomic E-state index is 11.7. The maximum absolute atomic E-state index is 11.7. The molecule has 0 spiro atoms. The van der Waals surface area contributed by atoms with Crippen LogP contribution in [0.15, 0.2) is 0 Å². The molecule has 0 amide bonds. The minimum absolute atomic E-state index is 0.279. The Hall–Kier alpha value is -1.71. The van der Waals surface area contributed by atoms with Gasteiger partial charge in [0.25, 0.3) is 0 Å². The minimum atomic E-state index is -0.767. The molecule has 0 radical (unpaired) electrons. The second-order valence-electron chi connectivity index (χ2n) is 7.92. The average Bonchev–Trinajstić information content (AvgIpc) is 2.94. The summed E-state index contributed by atoms with van der Waals surface area (Å²) in [5.41, 5.74) is 0. The van der Waals surface area contributed by atoms with Crippen molar-refractivity contribution in [3.05, 3.63) is 0 Å². The standard InChI is InChI=1S/C21H34O9/c1-8-15-20(18(11(4)25-15)27-13(6)23)30-21-10(3)17(26-12(5)22)19(28-14(7)24)16(9-2)29-21/h10-11,15-21H,8-9H2,1-7H3/t10-,11?,15-,16+,17-,18+,19-,20-,21-/m1/s1. The van der Waals surface area contributed by atoms with Crippen LogP contribution in [-0.2, 0) is 42.8 Å². The van der Waals surface area contributed by atoms with Crippen LogP contribution in [0.1, 0.15) is 61.3 Å². The van der Waals surface area contributed by atoms with E-state index in [1.54, 1.807) is 0 Å². The highest BCUT2D eigenvalue weighted by Gasteiger charge is 2.52. The number of carbonyl (C=O) groups is 3. The predicted octanol–water partition coefficient (Wildman–Crippen LogP) is 2.13. The molecule has 30 heavy (non-hydrogen) atoms. The van der Waals surface area contributed by atoms with E-state index in [-0.39, 0.29) is 12.2 Å². The van der Waals surface area contributed by atoms with Crippen molar-refractivity contribution < 1.29 is 42.8 Å². The molecule has 172 valence electrons. The molecular weight excluding hydrogens is 396 g/mol. The fourth-order valence-electron chi connectivity index (χ4n) is 4.14. The Kier molecular flexibility index (Phi) is 8.63. The quantitative estimate of drug-likeness (QED) is 0.443. The molecule has 9 nitrogen and oxygen atoms in total. The van der Waals surface area contributed by atoms with E-state index in [1.165, 1.54) is 20.8 Å². The van der Waals surface area contributed by atoms with Gasteiger partial charge in [0.1, 0.15) is 18.3 Å². The van der Waals surface area contributed by atoms with Crippen molar-refractivity contribution in [1.29, 1.82) is 0 Å². The van der Waals surface area contributed by atoms with Gasteiger partial charge in [-0.05, 0) is 19.8 Å². The van der Waals surface area contributed by atoms with E-state index in [1.807, 2.05) is 27.7 Å². The van der Waals surface area contributed by atoms with E-state index in [0.717, 1.165) is 0 Å². The molecular formula is C21H34O9. The molecule has 2 aliphatic heterocycles. The Morgan fingerprint density at radius 2 is 1.17 bits per heavy atom. The van der Waals surface area contributed by atoms with Crippen molar-refractivity contribution in [2.75, 3.05) is 0 Å². The molecule has 1 unspecified atom stereocenters. The smallest absolute Gasteiger partial charge is 0.303 e. The first-order valence-electron chi connectivity index (χ1n) is 10.6. The molecule has 9 atom stereocenters. The van der Waals surface area contributed by atoms with Crippen molar-refractivity contribution in [3.8, 4) is 0 Å². The number of hydrogen-bond acceptors (Lipinski definition) is 9. The van der Waals surface area contributed by atoms with Gasteiger partial charge in [-0.15, -0.1) is 0 Å². The van der Waals surface area contributed by atoms with E-state index >= 15 is 0 Å². The largest absolute Gasteiger partial charge is 0.458 e. The number of carbonyl (C=O) groups excluding carboxylic acids is 3. The number of ether oxygens (including phenoxy) is 6. The lowest BCUT2D eigenvalue weighted by atomic mass is 9.90. The summed E-state index contributed by atoms with van der Waals surface area (Å²) in [5.74, 6) is -1.82. The zero-order chi connectivity index (χ0) is 22.6. The Morgan fingerprint density at radius 3 is 1.67 bits per heavy atom. The highest BCUT2D eigenvalue weighted by molar-refractivity contribution is 5.67. The summed E-state index contributed by atoms with van der Waals surface area (Å²) in [7, 11) is 0. The molecule has 2 heterocycles. The van der Waals surface area contributed by atoms with Crippen LogP contribution >= 0.6 is 0 Å². The summed E-state index contributed by atoms with van der Waals surface area (Å²) in [4.78, 5) is 34.9. The normalized spacial score (nSPS) is 38.7. The van der Waals surface area contributed by atoms with Crippen LogP contribution in [0.5, 0.6) is 0 Å². The summed E-state index contributed by atoms with van der Waals surface area (Å²) in [6.45, 7) is 11.4. The third-order valence-corrected chi connectivity index (χ3v) is 5.49. The number of esters is 3. The second-order valence-corrected chi connectivity index (χ2v) is 7.92. The van der Waals surface area contributed by atoms with Gasteiger partial charge in [-0.25, -0.2) is 0 Å². The summed E-state index contributed by atoms with van der Waals surface area (Å²) in [5, 5.41) is 0. The highest BCUT2D eigenvalue weighted by atomic mass is 16.7. The first-order chi connectivity index (χ1) is 14.1. The molecule has 9 heteroatoms. The van der Waals surface area contributed by atoms with Crippen molar-refractivity contribution >= 4 is 17.9 Å². The summed E-state index contributed by atoms with van der Waals surface area (Å²) in [6.07, 6.45) is -3.31. The fourth-order valence-corrected chi connectivity index (χ4v) is 4.14. The molecule has 0 aromatic carbocycles. The van der Waals surface area contributed by atoms with Crippen molar-refractivity contribution in [2.45, 2.75) is 110 Å². The number of hydrogen-bond donors (Lipinski definition) is 0. The monoisotopic (exact) mass is 430 g/mol. The lowest BCUT2D eigenvalue weighted by molar-refractivity contribution is -0.301. The Balaban J connectivity index is 2.27. The summed E-state index contributed by atoms with van der Waals surface area (Å²) < 4.78 is 34.8. The molecule has 0 bridgehead atoms. The molecule has 0 saturated carbocycles. The van der Waals surface area contributed by atoms with Gasteiger partial charge >= 0.3 is 17.9 Å². The van der Waals surface area contributed by atoms with E-state index < -0.39 is 60.6 Å². The van der Waals surface area contributed by atoms with Crippen LogP contribution in [0, 0.1) is 5.92 Å². The predicted molar refractivity (Wildman–Crippen MR) is 104 cm³/mol. The maximum Gasteiger partial charge on any atom is 0.303 e. The van der Waals surface area contributed by atoms with Crippen LogP contribution < -0.4 is 0 Å². The van der Waals surface area contributed by atoms with Crippen LogP contribution in [0.4, 0.5) is 0 Å². The lowest BCUT2D eigenvalue weighted by Gasteiger charge is -2.45. The molecule has 0 aromatic rings. The topological polar surface area (TPSA) is 107 Å². The van der Waals surface area contributed by atoms with Crippen LogP contribution in [0.2, 0.25) is 0 Å². The van der Waals surface area contributed by atoms with Gasteiger partial charge < -0.3 is 28.4 Å². The Labute approximate surface area is 177 Å². The third kappa shape index (κ3) is 5.70. The first kappa shape index (κ1) is 24.6. The van der Waals surface area contributed by atoms with Crippen molar-refractivity contribution in [1.82, 2.24) is 0 Å². The molecule has 2 saturated heterocycles. The zero-order valence-corrected chi connectivity index (χ0v) is 18.8. The van der Waals surface area contributed by atoms with Gasteiger partial charge in [0.2, 0.25) is 0 Å². The highest BCUT2D eigenvalue weighted by Crippen LogP contribution is 2.36. The van der Waals surface area contributed by atoms with Gasteiger partial charge in [0.15, 0.2) is 18.5 Å². The lowest BCUT2D eigenvalue weighted by Crippen LogP contribution is -2.58. The zero-order valence-electron chi connectivity index (χ0n) is 18.8. The SMILES string of the molecule is CC[C@@H]1O[C@H](O[C@@H]2[C@@H](CC)OC(C)[C@@H]2OC(C)=O)[C@H](C)[C@@H](OC(C)=O)[C@@H]1OC(C)=O. The Morgan fingerprint density at radius 1 is 0.700 bits per heavy atom. The summed E-state index contributed by atoms with van der Waals surface area (Å²) >= 11 is 0. The third-order valence-electron chi connectivity index (χ3n) is 5.49. The van der Waals surface area contributed by atoms with Gasteiger partial charge in [-0.1, -0.05) is 20.8 Å². The molecule has 0 aliphatic carbocycles. The molecule has 0 N–H and O–H groups in total. The molecule has 0 aromatic heterocycles. The van der Waals surface area contributed by atoms with Gasteiger partial charge in [-0.3, -0.25) is 14.4 Å². The van der Waals surface area contributed by atoms with Crippen LogP contribution in [0.25, 0.3) is 0 Å². The minimum Gasteiger partial charge on any atom is -0.458 e. The molecule has 2 fully saturated rings. The van der Waals surface area contributed by atoms with Crippen molar-refractivity contribution in [3.63, 3.8) is 0 Å². The van der Waals surface area contributed by atoms with E-state index in [0.29, 0.717) is 12.8 Å². The molecule has 2 rings (SSSR count).